The maximum absolute atomic E-state index is 13.1. The predicted octanol–water partition coefficient (Wildman–Crippen LogP) is 4.54. The predicted molar refractivity (Wildman–Crippen MR) is 128 cm³/mol. The molecule has 0 bridgehead atoms. The molecular weight excluding hydrogens is 434 g/mol. The van der Waals surface area contributed by atoms with Crippen LogP contribution in [0, 0.1) is 5.41 Å². The van der Waals surface area contributed by atoms with Crippen LogP contribution in [0.2, 0.25) is 0 Å². The second-order valence-corrected chi connectivity index (χ2v) is 8.56. The molecule has 0 fully saturated rings. The van der Waals surface area contributed by atoms with Crippen LogP contribution < -0.4 is 10.1 Å². The number of hydrogen-bond acceptors (Lipinski definition) is 5. The van der Waals surface area contributed by atoms with Crippen LogP contribution in [0.15, 0.2) is 72.8 Å². The Hall–Kier alpha value is -4.17. The van der Waals surface area contributed by atoms with E-state index in [4.69, 9.17) is 4.74 Å². The Morgan fingerprint density at radius 2 is 1.82 bits per heavy atom. The normalized spacial score (nSPS) is 12.3. The zero-order chi connectivity index (χ0) is 24.3. The number of carboxylic acids is 1. The molecule has 8 nitrogen and oxygen atoms in total. The van der Waals surface area contributed by atoms with Crippen LogP contribution in [0.25, 0.3) is 10.9 Å². The van der Waals surface area contributed by atoms with Gasteiger partial charge in [-0.2, -0.15) is 5.10 Å². The fourth-order valence-corrected chi connectivity index (χ4v) is 3.60. The lowest BCUT2D eigenvalue weighted by molar-refractivity contribution is -0.130. The summed E-state index contributed by atoms with van der Waals surface area (Å²) < 4.78 is 5.85. The molecule has 4 aromatic rings. The number of carboxylic acid groups (broad SMARTS) is 1. The van der Waals surface area contributed by atoms with Crippen LogP contribution in [0.4, 0.5) is 5.69 Å². The molecule has 1 heterocycles. The molecule has 0 saturated carbocycles. The monoisotopic (exact) mass is 459 g/mol. The molecule has 0 saturated heterocycles. The summed E-state index contributed by atoms with van der Waals surface area (Å²) >= 11 is 0. The molecule has 0 aliphatic rings. The first-order valence-corrected chi connectivity index (χ1v) is 10.7. The Morgan fingerprint density at radius 1 is 1.06 bits per heavy atom. The molecule has 4 N–H and O–H groups in total. The molecule has 1 atom stereocenters. The third-order valence-electron chi connectivity index (χ3n) is 5.71. The van der Waals surface area contributed by atoms with Gasteiger partial charge in [0.1, 0.15) is 12.4 Å². The maximum atomic E-state index is 13.1. The molecule has 1 aromatic heterocycles. The van der Waals surface area contributed by atoms with Crippen molar-refractivity contribution >= 4 is 28.5 Å². The SMILES string of the molecule is CC(C)(C(=O)Nc1ccc2[nH]nc(C(=O)O)c2c1)C(O)c1cccc(OCc2ccccc2)c1. The molecule has 0 radical (unpaired) electrons. The summed E-state index contributed by atoms with van der Waals surface area (Å²) in [5.74, 6) is -1.00. The third kappa shape index (κ3) is 4.77. The Morgan fingerprint density at radius 3 is 2.56 bits per heavy atom. The van der Waals surface area contributed by atoms with Gasteiger partial charge in [0, 0.05) is 11.1 Å². The van der Waals surface area contributed by atoms with Gasteiger partial charge in [-0.1, -0.05) is 42.5 Å². The van der Waals surface area contributed by atoms with Gasteiger partial charge in [-0.3, -0.25) is 9.89 Å². The van der Waals surface area contributed by atoms with Gasteiger partial charge in [-0.05, 0) is 55.3 Å². The van der Waals surface area contributed by atoms with E-state index >= 15 is 0 Å². The van der Waals surface area contributed by atoms with Crippen molar-refractivity contribution in [3.63, 3.8) is 0 Å². The molecule has 0 aliphatic carbocycles. The van der Waals surface area contributed by atoms with Crippen molar-refractivity contribution in [3.05, 3.63) is 89.6 Å². The van der Waals surface area contributed by atoms with Crippen LogP contribution in [0.3, 0.4) is 0 Å². The van der Waals surface area contributed by atoms with Gasteiger partial charge in [0.25, 0.3) is 0 Å². The number of anilines is 1. The molecular formula is C26H25N3O5. The van der Waals surface area contributed by atoms with Crippen molar-refractivity contribution in [1.82, 2.24) is 10.2 Å². The first-order valence-electron chi connectivity index (χ1n) is 10.7. The number of nitrogens with one attached hydrogen (secondary N) is 2. The molecule has 1 amide bonds. The molecule has 174 valence electrons. The smallest absolute Gasteiger partial charge is 0.357 e. The van der Waals surface area contributed by atoms with Crippen LogP contribution in [0.5, 0.6) is 5.75 Å². The number of carbonyl (C=O) groups excluding carboxylic acids is 1. The molecule has 4 rings (SSSR count). The summed E-state index contributed by atoms with van der Waals surface area (Å²) in [7, 11) is 0. The fraction of sp³-hybridized carbons (Fsp3) is 0.192. The maximum Gasteiger partial charge on any atom is 0.357 e. The summed E-state index contributed by atoms with van der Waals surface area (Å²) in [5.41, 5.74) is 1.19. The largest absolute Gasteiger partial charge is 0.489 e. The van der Waals surface area contributed by atoms with Crippen molar-refractivity contribution in [2.24, 2.45) is 5.41 Å². The number of hydrogen-bond donors (Lipinski definition) is 4. The van der Waals surface area contributed by atoms with E-state index in [1.807, 2.05) is 30.3 Å². The van der Waals surface area contributed by atoms with Gasteiger partial charge >= 0.3 is 5.97 Å². The zero-order valence-corrected chi connectivity index (χ0v) is 18.8. The Bertz CT molecular complexity index is 1330. The van der Waals surface area contributed by atoms with E-state index in [0.29, 0.717) is 34.5 Å². The van der Waals surface area contributed by atoms with E-state index in [1.54, 1.807) is 56.3 Å². The topological polar surface area (TPSA) is 125 Å². The standard InChI is InChI=1S/C26H25N3O5/c1-26(2,25(33)27-18-11-12-21-20(14-18)22(24(31)32)29-28-21)23(30)17-9-6-10-19(13-17)34-15-16-7-4-3-5-8-16/h3-14,23,30H,15H2,1-2H3,(H,27,33)(H,28,29)(H,31,32). The molecule has 1 unspecified atom stereocenters. The molecule has 3 aromatic carbocycles. The minimum atomic E-state index is -1.20. The van der Waals surface area contributed by atoms with Crippen molar-refractivity contribution < 1.29 is 24.5 Å². The number of H-pyrrole nitrogens is 1. The first-order chi connectivity index (χ1) is 16.3. The van der Waals surface area contributed by atoms with Gasteiger partial charge in [0.05, 0.1) is 17.0 Å². The highest BCUT2D eigenvalue weighted by Crippen LogP contribution is 2.36. The number of aliphatic hydroxyl groups is 1. The van der Waals surface area contributed by atoms with Gasteiger partial charge in [0.2, 0.25) is 5.91 Å². The molecule has 34 heavy (non-hydrogen) atoms. The minimum Gasteiger partial charge on any atom is -0.489 e. The number of rotatable bonds is 8. The van der Waals surface area contributed by atoms with Crippen molar-refractivity contribution in [2.45, 2.75) is 26.6 Å². The second kappa shape index (κ2) is 9.36. The molecule has 8 heteroatoms. The fourth-order valence-electron chi connectivity index (χ4n) is 3.60. The quantitative estimate of drug-likeness (QED) is 0.307. The van der Waals surface area contributed by atoms with Gasteiger partial charge in [-0.15, -0.1) is 0 Å². The lowest BCUT2D eigenvalue weighted by atomic mass is 9.81. The highest BCUT2D eigenvalue weighted by Gasteiger charge is 2.37. The Kier molecular flexibility index (Phi) is 6.34. The lowest BCUT2D eigenvalue weighted by Gasteiger charge is -2.29. The first kappa shape index (κ1) is 23.0. The van der Waals surface area contributed by atoms with Gasteiger partial charge in [-0.25, -0.2) is 4.79 Å². The number of amides is 1. The van der Waals surface area contributed by atoms with E-state index in [2.05, 4.69) is 15.5 Å². The van der Waals surface area contributed by atoms with Crippen LogP contribution in [0.1, 0.15) is 41.6 Å². The van der Waals surface area contributed by atoms with Crippen LogP contribution >= 0.6 is 0 Å². The Labute approximate surface area is 196 Å². The molecule has 0 aliphatic heterocycles. The number of aromatic amines is 1. The van der Waals surface area contributed by atoms with E-state index in [-0.39, 0.29) is 5.69 Å². The van der Waals surface area contributed by atoms with Crippen LogP contribution in [-0.4, -0.2) is 32.3 Å². The highest BCUT2D eigenvalue weighted by molar-refractivity contribution is 6.03. The summed E-state index contributed by atoms with van der Waals surface area (Å²) in [4.78, 5) is 24.5. The number of aromatic carboxylic acids is 1. The van der Waals surface area contributed by atoms with Crippen molar-refractivity contribution in [1.29, 1.82) is 0 Å². The van der Waals surface area contributed by atoms with E-state index in [1.165, 1.54) is 0 Å². The van der Waals surface area contributed by atoms with Gasteiger partial charge in [0.15, 0.2) is 5.69 Å². The van der Waals surface area contributed by atoms with E-state index in [0.717, 1.165) is 5.56 Å². The summed E-state index contributed by atoms with van der Waals surface area (Å²) in [6.45, 7) is 3.67. The number of aliphatic hydroxyl groups excluding tert-OH is 1. The van der Waals surface area contributed by atoms with E-state index < -0.39 is 23.4 Å². The summed E-state index contributed by atoms with van der Waals surface area (Å²) in [6, 6.07) is 21.6. The number of ether oxygens (including phenoxy) is 1. The Balaban J connectivity index is 1.49. The number of nitrogens with zero attached hydrogens (tertiary/aromatic N) is 1. The second-order valence-electron chi connectivity index (χ2n) is 8.56. The zero-order valence-electron chi connectivity index (χ0n) is 18.8. The summed E-state index contributed by atoms with van der Waals surface area (Å²) in [6.07, 6.45) is -1.11. The average molecular weight is 460 g/mol. The van der Waals surface area contributed by atoms with Crippen molar-refractivity contribution in [3.8, 4) is 5.75 Å². The number of carbonyl (C=O) groups is 2. The minimum absolute atomic E-state index is 0.127. The lowest BCUT2D eigenvalue weighted by Crippen LogP contribution is -2.36. The summed E-state index contributed by atoms with van der Waals surface area (Å²) in [5, 5.41) is 29.9. The number of aromatic nitrogens is 2. The number of fused-ring (bicyclic) bond motifs is 1. The molecule has 0 spiro atoms. The van der Waals surface area contributed by atoms with Crippen LogP contribution in [-0.2, 0) is 11.4 Å². The number of benzene rings is 3. The van der Waals surface area contributed by atoms with Crippen molar-refractivity contribution in [2.75, 3.05) is 5.32 Å². The van der Waals surface area contributed by atoms with E-state index in [9.17, 15) is 19.8 Å². The van der Waals surface area contributed by atoms with Gasteiger partial charge < -0.3 is 20.3 Å². The third-order valence-corrected chi connectivity index (χ3v) is 5.71. The average Bonchev–Trinajstić information content (AvgIpc) is 3.26. The highest BCUT2D eigenvalue weighted by atomic mass is 16.5.